The Hall–Kier alpha value is -3.82. The first-order valence-electron chi connectivity index (χ1n) is 21.9. The molecule has 10 rings (SSSR count). The molecular formula is C45H58N10O4S4. The van der Waals surface area contributed by atoms with Gasteiger partial charge in [0, 0.05) is 112 Å². The Morgan fingerprint density at radius 3 is 1.76 bits per heavy atom. The quantitative estimate of drug-likeness (QED) is 0.132. The lowest BCUT2D eigenvalue weighted by Gasteiger charge is -2.36. The molecule has 0 aliphatic carbocycles. The summed E-state index contributed by atoms with van der Waals surface area (Å²) in [5, 5.41) is 13.2. The Morgan fingerprint density at radius 1 is 0.714 bits per heavy atom. The summed E-state index contributed by atoms with van der Waals surface area (Å²) < 4.78 is 13.0. The SMILES string of the molecule is CC(=O)Nc1sc2c(c1-c1nc3cnccc3s1)CCN(C(C)CN1CCOCC1)C2.CC(=O)Nc1sc2c(c1-c1nc3cnccc3s1)CCNC2.CC(C)CN1CCOCC1. The molecule has 2 amide bonds. The van der Waals surface area contributed by atoms with Crippen molar-refractivity contribution in [3.8, 4) is 21.1 Å². The van der Waals surface area contributed by atoms with Crippen LogP contribution in [0.1, 0.15) is 55.5 Å². The molecule has 6 aromatic rings. The molecule has 0 spiro atoms. The van der Waals surface area contributed by atoms with E-state index in [1.807, 2.05) is 12.1 Å². The predicted octanol–water partition coefficient (Wildman–Crippen LogP) is 7.46. The minimum atomic E-state index is -0.0458. The number of nitrogens with zero attached hydrogens (tertiary/aromatic N) is 7. The van der Waals surface area contributed by atoms with Gasteiger partial charge in [-0.25, -0.2) is 9.97 Å². The van der Waals surface area contributed by atoms with Gasteiger partial charge in [0.05, 0.1) is 48.2 Å². The molecule has 1 atom stereocenters. The molecule has 3 N–H and O–H groups in total. The zero-order valence-corrected chi connectivity index (χ0v) is 40.1. The Balaban J connectivity index is 0.000000147. The van der Waals surface area contributed by atoms with Crippen molar-refractivity contribution in [2.75, 3.05) is 89.4 Å². The molecule has 18 heteroatoms. The molecule has 0 saturated carbocycles. The first-order chi connectivity index (χ1) is 30.6. The van der Waals surface area contributed by atoms with Crippen LogP contribution in [0.15, 0.2) is 36.9 Å². The molecule has 14 nitrogen and oxygen atoms in total. The molecule has 2 fully saturated rings. The van der Waals surface area contributed by atoms with Crippen LogP contribution in [0, 0.1) is 5.92 Å². The van der Waals surface area contributed by atoms with Gasteiger partial charge in [-0.15, -0.1) is 45.3 Å². The fraction of sp³-hybridized carbons (Fsp3) is 0.511. The Labute approximate surface area is 385 Å². The van der Waals surface area contributed by atoms with Gasteiger partial charge in [-0.3, -0.25) is 34.3 Å². The standard InChI is InChI=1S/C22H27N5O2S2.C15H14N4OS2.C8H17NO/c1-14(12-26-7-9-29-10-8-26)27-6-4-16-19(13-27)31-21(24-15(2)28)20(16)22-25-17-11-23-5-3-18(17)30-22;1-8(20)18-14-13(9-2-4-17-7-12(9)22-14)15-19-10-6-16-5-3-11(10)21-15;1-8(2)7-9-3-5-10-6-4-9/h3,5,11,14H,4,6-10,12-13H2,1-2H3,(H,24,28);3,5-6,17H,2,4,7H2,1H3,(H,18,20);8H,3-7H2,1-2H3. The van der Waals surface area contributed by atoms with Crippen LogP contribution in [-0.2, 0) is 45.0 Å². The van der Waals surface area contributed by atoms with Crippen molar-refractivity contribution in [3.05, 3.63) is 57.8 Å². The maximum Gasteiger partial charge on any atom is 0.221 e. The fourth-order valence-corrected chi connectivity index (χ4v) is 13.2. The second-order valence-electron chi connectivity index (χ2n) is 16.7. The predicted molar refractivity (Wildman–Crippen MR) is 258 cm³/mol. The number of hydrogen-bond donors (Lipinski definition) is 3. The monoisotopic (exact) mass is 930 g/mol. The van der Waals surface area contributed by atoms with Gasteiger partial charge in [0.1, 0.15) is 31.1 Å². The summed E-state index contributed by atoms with van der Waals surface area (Å²) in [6.07, 6.45) is 9.12. The second kappa shape index (κ2) is 21.4. The van der Waals surface area contributed by atoms with Crippen LogP contribution in [0.2, 0.25) is 0 Å². The minimum Gasteiger partial charge on any atom is -0.379 e. The first-order valence-corrected chi connectivity index (χ1v) is 25.2. The average Bonchev–Trinajstić information content (AvgIpc) is 4.06. The molecule has 1 unspecified atom stereocenters. The molecule has 0 radical (unpaired) electrons. The first kappa shape index (κ1) is 45.7. The highest BCUT2D eigenvalue weighted by Crippen LogP contribution is 2.47. The van der Waals surface area contributed by atoms with Crippen molar-refractivity contribution >= 4 is 87.6 Å². The number of pyridine rings is 2. The lowest BCUT2D eigenvalue weighted by Crippen LogP contribution is -2.47. The van der Waals surface area contributed by atoms with Crippen LogP contribution in [0.5, 0.6) is 0 Å². The van der Waals surface area contributed by atoms with Crippen molar-refractivity contribution in [1.82, 2.24) is 40.0 Å². The number of anilines is 2. The molecule has 4 aliphatic rings. The highest BCUT2D eigenvalue weighted by molar-refractivity contribution is 7.23. The van der Waals surface area contributed by atoms with Crippen LogP contribution >= 0.6 is 45.3 Å². The number of morpholine rings is 2. The number of nitrogens with one attached hydrogen (secondary N) is 3. The Kier molecular flexibility index (Phi) is 15.6. The summed E-state index contributed by atoms with van der Waals surface area (Å²) in [4.78, 5) is 51.5. The van der Waals surface area contributed by atoms with Crippen LogP contribution in [0.25, 0.3) is 41.6 Å². The molecular weight excluding hydrogens is 873 g/mol. The van der Waals surface area contributed by atoms with Crippen LogP contribution in [0.3, 0.4) is 0 Å². The van der Waals surface area contributed by atoms with Gasteiger partial charge in [-0.2, -0.15) is 0 Å². The van der Waals surface area contributed by atoms with Gasteiger partial charge in [-0.05, 0) is 55.5 Å². The van der Waals surface area contributed by atoms with E-state index in [0.29, 0.717) is 6.04 Å². The van der Waals surface area contributed by atoms with Gasteiger partial charge >= 0.3 is 0 Å². The summed E-state index contributed by atoms with van der Waals surface area (Å²) >= 11 is 6.68. The Morgan fingerprint density at radius 2 is 1.24 bits per heavy atom. The molecule has 4 aliphatic heterocycles. The summed E-state index contributed by atoms with van der Waals surface area (Å²) in [5.74, 6) is 0.703. The second-order valence-corrected chi connectivity index (χ2v) is 21.0. The van der Waals surface area contributed by atoms with E-state index in [4.69, 9.17) is 19.4 Å². The van der Waals surface area contributed by atoms with Gasteiger partial charge in [-0.1, -0.05) is 13.8 Å². The number of carbonyl (C=O) groups excluding carboxylic acids is 2. The minimum absolute atomic E-state index is 0.0415. The molecule has 2 saturated heterocycles. The largest absolute Gasteiger partial charge is 0.379 e. The lowest BCUT2D eigenvalue weighted by molar-refractivity contribution is -0.115. The van der Waals surface area contributed by atoms with E-state index < -0.39 is 0 Å². The highest BCUT2D eigenvalue weighted by Gasteiger charge is 2.30. The topological polar surface area (TPSA) is 150 Å². The summed E-state index contributed by atoms with van der Waals surface area (Å²) in [5.41, 5.74) is 6.68. The molecule has 63 heavy (non-hydrogen) atoms. The number of amides is 2. The van der Waals surface area contributed by atoms with Crippen molar-refractivity contribution in [1.29, 1.82) is 0 Å². The van der Waals surface area contributed by atoms with Gasteiger partial charge in [0.25, 0.3) is 0 Å². The van der Waals surface area contributed by atoms with Gasteiger partial charge < -0.3 is 25.4 Å². The average molecular weight is 931 g/mol. The number of thiazole rings is 2. The van der Waals surface area contributed by atoms with E-state index in [-0.39, 0.29) is 11.8 Å². The van der Waals surface area contributed by atoms with Crippen molar-refractivity contribution in [2.24, 2.45) is 5.92 Å². The zero-order valence-electron chi connectivity index (χ0n) is 36.8. The summed E-state index contributed by atoms with van der Waals surface area (Å²) in [6.45, 7) is 23.8. The third kappa shape index (κ3) is 11.5. The maximum atomic E-state index is 11.9. The number of aromatic nitrogens is 4. The van der Waals surface area contributed by atoms with E-state index in [1.165, 1.54) is 27.4 Å². The number of fused-ring (bicyclic) bond motifs is 4. The number of rotatable bonds is 9. The van der Waals surface area contributed by atoms with Crippen molar-refractivity contribution in [3.63, 3.8) is 0 Å². The number of hydrogen-bond acceptors (Lipinski definition) is 16. The highest BCUT2D eigenvalue weighted by atomic mass is 32.1. The van der Waals surface area contributed by atoms with Crippen LogP contribution in [0.4, 0.5) is 10.0 Å². The van der Waals surface area contributed by atoms with Gasteiger partial charge in [0.15, 0.2) is 0 Å². The van der Waals surface area contributed by atoms with E-state index in [2.05, 4.69) is 61.4 Å². The van der Waals surface area contributed by atoms with Crippen molar-refractivity contribution < 1.29 is 19.1 Å². The lowest BCUT2D eigenvalue weighted by atomic mass is 10.0. The number of thiophene rings is 2. The summed E-state index contributed by atoms with van der Waals surface area (Å²) in [7, 11) is 0. The molecule has 0 bridgehead atoms. The van der Waals surface area contributed by atoms with E-state index >= 15 is 0 Å². The van der Waals surface area contributed by atoms with Crippen molar-refractivity contribution in [2.45, 2.75) is 66.6 Å². The third-order valence-corrected chi connectivity index (χ3v) is 15.8. The van der Waals surface area contributed by atoms with E-state index in [1.54, 1.807) is 84.0 Å². The molecule has 6 aromatic heterocycles. The molecule has 10 heterocycles. The third-order valence-electron chi connectivity index (χ3n) is 11.4. The van der Waals surface area contributed by atoms with E-state index in [9.17, 15) is 9.59 Å². The van der Waals surface area contributed by atoms with Crippen LogP contribution in [-0.4, -0.2) is 131 Å². The van der Waals surface area contributed by atoms with Gasteiger partial charge in [0.2, 0.25) is 11.8 Å². The maximum absolute atomic E-state index is 11.9. The molecule has 336 valence electrons. The normalized spacial score (nSPS) is 17.6. The number of carbonyl (C=O) groups is 2. The smallest absolute Gasteiger partial charge is 0.221 e. The van der Waals surface area contributed by atoms with Crippen LogP contribution < -0.4 is 16.0 Å². The summed E-state index contributed by atoms with van der Waals surface area (Å²) in [6, 6.07) is 4.46. The van der Waals surface area contributed by atoms with E-state index in [0.717, 1.165) is 156 Å². The zero-order chi connectivity index (χ0) is 43.9. The fourth-order valence-electron chi connectivity index (χ4n) is 8.43. The number of ether oxygens (including phenoxy) is 2. The Bertz CT molecular complexity index is 2420. The molecule has 0 aromatic carbocycles.